The van der Waals surface area contributed by atoms with Crippen molar-refractivity contribution in [2.75, 3.05) is 6.61 Å². The molecule has 6 heteroatoms. The Hall–Kier alpha value is -1.85. The Morgan fingerprint density at radius 1 is 1.25 bits per heavy atom. The molecule has 0 bridgehead atoms. The maximum absolute atomic E-state index is 12.6. The molecule has 1 aliphatic rings. The number of para-hydroxylation sites is 1. The van der Waals surface area contributed by atoms with Crippen molar-refractivity contribution in [2.24, 2.45) is 4.99 Å². The molecule has 16 heavy (non-hydrogen) atoms. The predicted molar refractivity (Wildman–Crippen MR) is 47.6 cm³/mol. The third kappa shape index (κ3) is 1.91. The van der Waals surface area contributed by atoms with E-state index < -0.39 is 24.4 Å². The maximum Gasteiger partial charge on any atom is 0.449 e. The molecule has 1 aliphatic heterocycles. The Morgan fingerprint density at radius 3 is 2.62 bits per heavy atom. The summed E-state index contributed by atoms with van der Waals surface area (Å²) in [7, 11) is 0. The van der Waals surface area contributed by atoms with Crippen LogP contribution in [0.3, 0.4) is 0 Å². The van der Waals surface area contributed by atoms with Crippen molar-refractivity contribution in [1.29, 1.82) is 0 Å². The zero-order valence-electron chi connectivity index (χ0n) is 7.91. The minimum atomic E-state index is -4.63. The van der Waals surface area contributed by atoms with Gasteiger partial charge in [0.15, 0.2) is 6.61 Å². The van der Waals surface area contributed by atoms with Gasteiger partial charge in [0, 0.05) is 5.22 Å². The smallest absolute Gasteiger partial charge is 0.449 e. The van der Waals surface area contributed by atoms with Crippen LogP contribution in [-0.2, 0) is 9.53 Å². The molecular weight excluding hydrogens is 223 g/mol. The summed E-state index contributed by atoms with van der Waals surface area (Å²) < 4.78 is 42.3. The number of amides is 1. The average Bonchev–Trinajstić information content (AvgIpc) is 2.34. The standard InChI is InChI=1S/C10H6F3NO2/c11-10(12,13)9-6-3-1-2-4-7(6)14-8(15)5-16-9/h1-4H,5H2. The number of nitrogens with zero attached hydrogens (tertiary/aromatic N) is 1. The highest BCUT2D eigenvalue weighted by atomic mass is 19.4. The lowest BCUT2D eigenvalue weighted by Gasteiger charge is -2.10. The van der Waals surface area contributed by atoms with E-state index in [0.29, 0.717) is 0 Å². The summed E-state index contributed by atoms with van der Waals surface area (Å²) in [6.07, 6.45) is -4.63. The lowest BCUT2D eigenvalue weighted by Crippen LogP contribution is -2.31. The Labute approximate surface area is 87.9 Å². The van der Waals surface area contributed by atoms with Crippen molar-refractivity contribution in [3.8, 4) is 0 Å². The minimum absolute atomic E-state index is 0.0164. The molecule has 0 N–H and O–H groups in total. The van der Waals surface area contributed by atoms with E-state index in [4.69, 9.17) is 0 Å². The number of carbonyl (C=O) groups excluding carboxylic acids is 1. The molecule has 84 valence electrons. The maximum atomic E-state index is 12.6. The monoisotopic (exact) mass is 229 g/mol. The number of hydrogen-bond donors (Lipinski definition) is 0. The molecule has 2 rings (SSSR count). The van der Waals surface area contributed by atoms with Crippen LogP contribution >= 0.6 is 0 Å². The Morgan fingerprint density at radius 2 is 1.94 bits per heavy atom. The normalized spacial score (nSPS) is 15.9. The predicted octanol–water partition coefficient (Wildman–Crippen LogP) is 0.534. The molecule has 1 aromatic carbocycles. The van der Waals surface area contributed by atoms with E-state index in [1.54, 1.807) is 0 Å². The molecule has 0 aromatic heterocycles. The van der Waals surface area contributed by atoms with Crippen molar-refractivity contribution in [2.45, 2.75) is 6.18 Å². The summed E-state index contributed by atoms with van der Waals surface area (Å²) in [5.74, 6) is -1.90. The first kappa shape index (κ1) is 10.7. The van der Waals surface area contributed by atoms with Crippen LogP contribution in [0.2, 0.25) is 0 Å². The van der Waals surface area contributed by atoms with Crippen LogP contribution in [0.15, 0.2) is 29.3 Å². The summed E-state index contributed by atoms with van der Waals surface area (Å²) in [5, 5.41) is -0.224. The van der Waals surface area contributed by atoms with Gasteiger partial charge in [0.05, 0.1) is 5.36 Å². The Kier molecular flexibility index (Phi) is 2.41. The molecule has 0 fully saturated rings. The summed E-state index contributed by atoms with van der Waals surface area (Å²) in [4.78, 5) is 14.6. The second-order valence-corrected chi connectivity index (χ2v) is 3.14. The van der Waals surface area contributed by atoms with Crippen molar-refractivity contribution >= 4 is 11.7 Å². The van der Waals surface area contributed by atoms with Gasteiger partial charge in [-0.15, -0.1) is 0 Å². The highest BCUT2D eigenvalue weighted by molar-refractivity contribution is 5.79. The van der Waals surface area contributed by atoms with E-state index in [9.17, 15) is 18.0 Å². The van der Waals surface area contributed by atoms with E-state index >= 15 is 0 Å². The number of hydrogen-bond acceptors (Lipinski definition) is 2. The summed E-state index contributed by atoms with van der Waals surface area (Å²) in [5.41, 5.74) is 0. The Bertz CT molecular complexity index is 548. The number of fused-ring (bicyclic) bond motifs is 1. The van der Waals surface area contributed by atoms with Gasteiger partial charge in [-0.05, 0) is 12.1 Å². The van der Waals surface area contributed by atoms with Crippen LogP contribution in [0.25, 0.3) is 5.76 Å². The van der Waals surface area contributed by atoms with E-state index in [-0.39, 0.29) is 10.6 Å². The molecule has 1 amide bonds. The third-order valence-electron chi connectivity index (χ3n) is 1.99. The lowest BCUT2D eigenvalue weighted by atomic mass is 10.2. The minimum Gasteiger partial charge on any atom is -0.478 e. The first-order chi connectivity index (χ1) is 7.48. The molecule has 0 spiro atoms. The number of benzene rings is 1. The number of rotatable bonds is 0. The zero-order chi connectivity index (χ0) is 11.8. The summed E-state index contributed by atoms with van der Waals surface area (Å²) in [6, 6.07) is 5.50. The van der Waals surface area contributed by atoms with E-state index in [2.05, 4.69) is 9.73 Å². The second kappa shape index (κ2) is 3.62. The molecule has 0 aliphatic carbocycles. The average molecular weight is 229 g/mol. The van der Waals surface area contributed by atoms with Gasteiger partial charge in [-0.2, -0.15) is 13.2 Å². The van der Waals surface area contributed by atoms with Gasteiger partial charge in [-0.3, -0.25) is 4.79 Å². The zero-order valence-corrected chi connectivity index (χ0v) is 7.91. The van der Waals surface area contributed by atoms with Gasteiger partial charge in [-0.25, -0.2) is 4.99 Å². The van der Waals surface area contributed by atoms with Crippen LogP contribution in [0.4, 0.5) is 13.2 Å². The van der Waals surface area contributed by atoms with Gasteiger partial charge in [0.25, 0.3) is 5.91 Å². The number of halogens is 3. The van der Waals surface area contributed by atoms with Crippen LogP contribution in [0, 0.1) is 0 Å². The molecule has 0 unspecified atom stereocenters. The van der Waals surface area contributed by atoms with Crippen molar-refractivity contribution in [3.63, 3.8) is 0 Å². The number of carbonyl (C=O) groups is 1. The van der Waals surface area contributed by atoms with Crippen molar-refractivity contribution in [3.05, 3.63) is 34.8 Å². The fourth-order valence-corrected chi connectivity index (χ4v) is 1.38. The summed E-state index contributed by atoms with van der Waals surface area (Å²) in [6.45, 7) is -0.691. The number of alkyl halides is 3. The molecular formula is C10H6F3NO2. The third-order valence-corrected chi connectivity index (χ3v) is 1.99. The molecule has 0 saturated carbocycles. The first-order valence-electron chi connectivity index (χ1n) is 4.39. The van der Waals surface area contributed by atoms with Crippen molar-refractivity contribution in [1.82, 2.24) is 0 Å². The van der Waals surface area contributed by atoms with Crippen molar-refractivity contribution < 1.29 is 22.7 Å². The van der Waals surface area contributed by atoms with Crippen LogP contribution in [0.1, 0.15) is 0 Å². The van der Waals surface area contributed by atoms with E-state index in [0.717, 1.165) is 0 Å². The van der Waals surface area contributed by atoms with Gasteiger partial charge >= 0.3 is 6.18 Å². The van der Waals surface area contributed by atoms with Gasteiger partial charge in [-0.1, -0.05) is 12.1 Å². The lowest BCUT2D eigenvalue weighted by molar-refractivity contribution is -0.124. The highest BCUT2D eigenvalue weighted by Gasteiger charge is 2.37. The SMILES string of the molecule is O=C1COC(C(F)(F)F)=c2ccccc2=N1. The fourth-order valence-electron chi connectivity index (χ4n) is 1.38. The molecule has 3 nitrogen and oxygen atoms in total. The first-order valence-corrected chi connectivity index (χ1v) is 4.39. The fraction of sp³-hybridized carbons (Fsp3) is 0.200. The van der Waals surface area contributed by atoms with Crippen LogP contribution in [-0.4, -0.2) is 18.7 Å². The van der Waals surface area contributed by atoms with Crippen LogP contribution < -0.4 is 10.6 Å². The summed E-state index contributed by atoms with van der Waals surface area (Å²) >= 11 is 0. The molecule has 0 atom stereocenters. The van der Waals surface area contributed by atoms with Crippen LogP contribution in [0.5, 0.6) is 0 Å². The highest BCUT2D eigenvalue weighted by Crippen LogP contribution is 2.26. The number of ether oxygens (including phenoxy) is 1. The second-order valence-electron chi connectivity index (χ2n) is 3.14. The Balaban J connectivity index is 2.83. The largest absolute Gasteiger partial charge is 0.478 e. The van der Waals surface area contributed by atoms with E-state index in [1.165, 1.54) is 24.3 Å². The topological polar surface area (TPSA) is 38.7 Å². The van der Waals surface area contributed by atoms with Gasteiger partial charge in [0.1, 0.15) is 0 Å². The molecule has 1 heterocycles. The van der Waals surface area contributed by atoms with Gasteiger partial charge < -0.3 is 4.74 Å². The molecule has 1 aromatic rings. The van der Waals surface area contributed by atoms with Gasteiger partial charge in [0.2, 0.25) is 5.76 Å². The quantitative estimate of drug-likeness (QED) is 0.651. The molecule has 0 radical (unpaired) electrons. The molecule has 0 saturated heterocycles. The van der Waals surface area contributed by atoms with E-state index in [1.807, 2.05) is 0 Å².